The summed E-state index contributed by atoms with van der Waals surface area (Å²) in [5.74, 6) is 1.43. The van der Waals surface area contributed by atoms with Crippen LogP contribution in [-0.2, 0) is 4.79 Å². The predicted molar refractivity (Wildman–Crippen MR) is 92.8 cm³/mol. The molecule has 128 valence electrons. The first kappa shape index (κ1) is 17.0. The van der Waals surface area contributed by atoms with E-state index >= 15 is 0 Å². The molecular weight excluding hydrogens is 326 g/mol. The minimum Gasteiger partial charge on any atom is -0.341 e. The maximum atomic E-state index is 12.5. The number of amides is 1. The molecule has 0 saturated carbocycles. The Hall–Kier alpha value is -1.88. The third-order valence-corrected chi connectivity index (χ3v) is 4.50. The second-order valence-electron chi connectivity index (χ2n) is 7.30. The summed E-state index contributed by atoms with van der Waals surface area (Å²) in [6, 6.07) is 7.34. The van der Waals surface area contributed by atoms with Gasteiger partial charge in [0.25, 0.3) is 0 Å². The van der Waals surface area contributed by atoms with Gasteiger partial charge in [-0.05, 0) is 37.1 Å². The summed E-state index contributed by atoms with van der Waals surface area (Å²) in [4.78, 5) is 18.9. The molecule has 24 heavy (non-hydrogen) atoms. The lowest BCUT2D eigenvalue weighted by Crippen LogP contribution is -2.44. The molecule has 1 amide bonds. The number of hydrogen-bond acceptors (Lipinski definition) is 4. The summed E-state index contributed by atoms with van der Waals surface area (Å²) in [7, 11) is 0. The molecule has 0 unspecified atom stereocenters. The van der Waals surface area contributed by atoms with Gasteiger partial charge in [-0.3, -0.25) is 4.79 Å². The summed E-state index contributed by atoms with van der Waals surface area (Å²) < 4.78 is 5.47. The highest BCUT2D eigenvalue weighted by Gasteiger charge is 2.33. The van der Waals surface area contributed by atoms with Crippen molar-refractivity contribution in [2.24, 2.45) is 5.41 Å². The van der Waals surface area contributed by atoms with E-state index in [1.165, 1.54) is 0 Å². The lowest BCUT2D eigenvalue weighted by molar-refractivity contribution is -0.140. The van der Waals surface area contributed by atoms with E-state index in [0.29, 0.717) is 23.3 Å². The molecule has 0 spiro atoms. The Bertz CT molecular complexity index is 719. The molecule has 0 radical (unpaired) electrons. The maximum absolute atomic E-state index is 12.5. The Morgan fingerprint density at radius 3 is 2.67 bits per heavy atom. The monoisotopic (exact) mass is 347 g/mol. The molecule has 0 N–H and O–H groups in total. The topological polar surface area (TPSA) is 59.2 Å². The fourth-order valence-electron chi connectivity index (χ4n) is 2.95. The Morgan fingerprint density at radius 2 is 2.00 bits per heavy atom. The van der Waals surface area contributed by atoms with Crippen LogP contribution in [0.2, 0.25) is 5.02 Å². The number of hydrogen-bond donors (Lipinski definition) is 0. The van der Waals surface area contributed by atoms with Gasteiger partial charge in [-0.2, -0.15) is 4.98 Å². The van der Waals surface area contributed by atoms with Crippen LogP contribution in [0.15, 0.2) is 28.8 Å². The molecule has 1 aromatic carbocycles. The van der Waals surface area contributed by atoms with E-state index in [4.69, 9.17) is 16.1 Å². The molecule has 1 aromatic heterocycles. The standard InChI is InChI=1S/C18H22ClN3O2/c1-18(2,3)17(23)22-10-4-5-13(11-22)16-20-15(21-24-16)12-6-8-14(19)9-7-12/h6-9,13H,4-5,10-11H2,1-3H3/t13-/m1/s1. The molecule has 1 atom stereocenters. The van der Waals surface area contributed by atoms with Crippen molar-refractivity contribution in [1.29, 1.82) is 0 Å². The molecule has 1 fully saturated rings. The maximum Gasteiger partial charge on any atom is 0.231 e. The van der Waals surface area contributed by atoms with Gasteiger partial charge in [0.1, 0.15) is 0 Å². The fourth-order valence-corrected chi connectivity index (χ4v) is 3.08. The summed E-state index contributed by atoms with van der Waals surface area (Å²) in [5.41, 5.74) is 0.499. The molecule has 1 aliphatic rings. The van der Waals surface area contributed by atoms with Gasteiger partial charge in [0.15, 0.2) is 0 Å². The van der Waals surface area contributed by atoms with Gasteiger partial charge in [-0.25, -0.2) is 0 Å². The molecular formula is C18H22ClN3O2. The zero-order valence-corrected chi connectivity index (χ0v) is 15.0. The number of rotatable bonds is 2. The molecule has 2 heterocycles. The third kappa shape index (κ3) is 3.61. The summed E-state index contributed by atoms with van der Waals surface area (Å²) >= 11 is 5.91. The summed E-state index contributed by atoms with van der Waals surface area (Å²) in [6.45, 7) is 7.28. The molecule has 5 nitrogen and oxygen atoms in total. The van der Waals surface area contributed by atoms with Crippen LogP contribution < -0.4 is 0 Å². The fraction of sp³-hybridized carbons (Fsp3) is 0.500. The van der Waals surface area contributed by atoms with E-state index < -0.39 is 0 Å². The van der Waals surface area contributed by atoms with Crippen LogP contribution in [0.25, 0.3) is 11.4 Å². The molecule has 0 aliphatic carbocycles. The average molecular weight is 348 g/mol. The normalized spacial score (nSPS) is 18.7. The first-order valence-electron chi connectivity index (χ1n) is 8.23. The second kappa shape index (κ2) is 6.55. The molecule has 1 aliphatic heterocycles. The number of benzene rings is 1. The number of piperidine rings is 1. The largest absolute Gasteiger partial charge is 0.341 e. The van der Waals surface area contributed by atoms with Gasteiger partial charge in [0.2, 0.25) is 17.6 Å². The number of carbonyl (C=O) groups is 1. The second-order valence-corrected chi connectivity index (χ2v) is 7.74. The van der Waals surface area contributed by atoms with Crippen LogP contribution in [0, 0.1) is 5.41 Å². The predicted octanol–water partition coefficient (Wildman–Crippen LogP) is 4.14. The Balaban J connectivity index is 1.75. The van der Waals surface area contributed by atoms with Crippen molar-refractivity contribution in [3.8, 4) is 11.4 Å². The zero-order chi connectivity index (χ0) is 17.3. The molecule has 1 saturated heterocycles. The van der Waals surface area contributed by atoms with Crippen LogP contribution >= 0.6 is 11.6 Å². The van der Waals surface area contributed by atoms with Crippen LogP contribution in [0.3, 0.4) is 0 Å². The van der Waals surface area contributed by atoms with Gasteiger partial charge < -0.3 is 9.42 Å². The van der Waals surface area contributed by atoms with Crippen molar-refractivity contribution in [2.45, 2.75) is 39.5 Å². The Kier molecular flexibility index (Phi) is 4.63. The van der Waals surface area contributed by atoms with Gasteiger partial charge >= 0.3 is 0 Å². The minimum absolute atomic E-state index is 0.0959. The van der Waals surface area contributed by atoms with Gasteiger partial charge in [0.05, 0.1) is 5.92 Å². The van der Waals surface area contributed by atoms with E-state index in [0.717, 1.165) is 24.9 Å². The number of halogens is 1. The van der Waals surface area contributed by atoms with Gasteiger partial charge in [-0.15, -0.1) is 0 Å². The molecule has 0 bridgehead atoms. The number of nitrogens with zero attached hydrogens (tertiary/aromatic N) is 3. The highest BCUT2D eigenvalue weighted by Crippen LogP contribution is 2.30. The van der Waals surface area contributed by atoms with E-state index in [1.54, 1.807) is 12.1 Å². The van der Waals surface area contributed by atoms with E-state index in [-0.39, 0.29) is 17.2 Å². The minimum atomic E-state index is -0.370. The molecule has 6 heteroatoms. The van der Waals surface area contributed by atoms with Crippen molar-refractivity contribution in [2.75, 3.05) is 13.1 Å². The number of likely N-dealkylation sites (tertiary alicyclic amines) is 1. The van der Waals surface area contributed by atoms with Crippen molar-refractivity contribution < 1.29 is 9.32 Å². The van der Waals surface area contributed by atoms with E-state index in [9.17, 15) is 4.79 Å². The Morgan fingerprint density at radius 1 is 1.29 bits per heavy atom. The number of aromatic nitrogens is 2. The summed E-state index contributed by atoms with van der Waals surface area (Å²) in [6.07, 6.45) is 1.90. The van der Waals surface area contributed by atoms with E-state index in [1.807, 2.05) is 37.8 Å². The molecule has 2 aromatic rings. The quantitative estimate of drug-likeness (QED) is 0.819. The van der Waals surface area contributed by atoms with E-state index in [2.05, 4.69) is 10.1 Å². The third-order valence-electron chi connectivity index (χ3n) is 4.24. The highest BCUT2D eigenvalue weighted by atomic mass is 35.5. The van der Waals surface area contributed by atoms with Crippen LogP contribution in [0.5, 0.6) is 0 Å². The SMILES string of the molecule is CC(C)(C)C(=O)N1CCC[C@@H](c2nc(-c3ccc(Cl)cc3)no2)C1. The zero-order valence-electron chi connectivity index (χ0n) is 14.3. The van der Waals surface area contributed by atoms with Crippen LogP contribution in [0.4, 0.5) is 0 Å². The van der Waals surface area contributed by atoms with Crippen molar-refractivity contribution in [3.63, 3.8) is 0 Å². The summed E-state index contributed by atoms with van der Waals surface area (Å²) in [5, 5.41) is 4.75. The lowest BCUT2D eigenvalue weighted by atomic mass is 9.91. The average Bonchev–Trinajstić information content (AvgIpc) is 3.04. The first-order chi connectivity index (χ1) is 11.3. The van der Waals surface area contributed by atoms with Gasteiger partial charge in [-0.1, -0.05) is 37.5 Å². The first-order valence-corrected chi connectivity index (χ1v) is 8.61. The van der Waals surface area contributed by atoms with Crippen LogP contribution in [-0.4, -0.2) is 34.0 Å². The van der Waals surface area contributed by atoms with Crippen molar-refractivity contribution in [3.05, 3.63) is 35.2 Å². The van der Waals surface area contributed by atoms with Gasteiger partial charge in [0, 0.05) is 29.1 Å². The lowest BCUT2D eigenvalue weighted by Gasteiger charge is -2.35. The smallest absolute Gasteiger partial charge is 0.231 e. The van der Waals surface area contributed by atoms with Crippen molar-refractivity contribution >= 4 is 17.5 Å². The Labute approximate surface area is 147 Å². The number of carbonyl (C=O) groups excluding carboxylic acids is 1. The highest BCUT2D eigenvalue weighted by molar-refractivity contribution is 6.30. The van der Waals surface area contributed by atoms with Crippen molar-refractivity contribution in [1.82, 2.24) is 15.0 Å². The molecule has 3 rings (SSSR count). The van der Waals surface area contributed by atoms with Crippen LogP contribution in [0.1, 0.15) is 45.4 Å².